The number of aryl methyl sites for hydroxylation is 1. The van der Waals surface area contributed by atoms with Crippen LogP contribution in [0.1, 0.15) is 23.5 Å². The van der Waals surface area contributed by atoms with Crippen molar-refractivity contribution in [2.24, 2.45) is 5.92 Å². The van der Waals surface area contributed by atoms with Crippen LogP contribution in [-0.2, 0) is 4.74 Å². The first-order valence-corrected chi connectivity index (χ1v) is 10.0. The number of aromatic amines is 1. The minimum atomic E-state index is 0.435. The van der Waals surface area contributed by atoms with Crippen molar-refractivity contribution in [3.05, 3.63) is 47.4 Å². The molecule has 0 aliphatic carbocycles. The molecule has 27 heavy (non-hydrogen) atoms. The van der Waals surface area contributed by atoms with Gasteiger partial charge in [-0.1, -0.05) is 18.1 Å². The Kier molecular flexibility index (Phi) is 4.16. The summed E-state index contributed by atoms with van der Waals surface area (Å²) in [6.45, 7) is 3.70. The molecule has 4 heterocycles. The topological polar surface area (TPSA) is 50.8 Å². The molecular formula is C22H19N3OS. The fourth-order valence-corrected chi connectivity index (χ4v) is 4.32. The van der Waals surface area contributed by atoms with E-state index in [0.29, 0.717) is 5.92 Å². The molecule has 1 aromatic carbocycles. The van der Waals surface area contributed by atoms with E-state index >= 15 is 0 Å². The fraction of sp³-hybridized carbons (Fsp3) is 0.273. The molecule has 1 saturated heterocycles. The summed E-state index contributed by atoms with van der Waals surface area (Å²) in [5.41, 5.74) is 3.23. The smallest absolute Gasteiger partial charge is 0.167 e. The zero-order valence-corrected chi connectivity index (χ0v) is 15.9. The third kappa shape index (κ3) is 3.23. The summed E-state index contributed by atoms with van der Waals surface area (Å²) < 4.78 is 5.39. The number of thiazole rings is 1. The summed E-state index contributed by atoms with van der Waals surface area (Å²) >= 11 is 1.65. The zero-order valence-electron chi connectivity index (χ0n) is 15.1. The van der Waals surface area contributed by atoms with Gasteiger partial charge in [-0.3, -0.25) is 0 Å². The Morgan fingerprint density at radius 3 is 2.89 bits per heavy atom. The summed E-state index contributed by atoms with van der Waals surface area (Å²) in [7, 11) is 0. The van der Waals surface area contributed by atoms with Crippen molar-refractivity contribution in [1.29, 1.82) is 0 Å². The molecular weight excluding hydrogens is 354 g/mol. The molecule has 0 saturated carbocycles. The van der Waals surface area contributed by atoms with Crippen LogP contribution in [0, 0.1) is 24.7 Å². The second-order valence-corrected chi connectivity index (χ2v) is 7.99. The minimum Gasteiger partial charge on any atom is -0.381 e. The molecule has 3 aromatic heterocycles. The Morgan fingerprint density at radius 2 is 2.00 bits per heavy atom. The Labute approximate surface area is 161 Å². The normalized spacial score (nSPS) is 15.1. The highest BCUT2D eigenvalue weighted by molar-refractivity contribution is 7.15. The molecule has 0 spiro atoms. The van der Waals surface area contributed by atoms with E-state index in [1.165, 1.54) is 10.9 Å². The summed E-state index contributed by atoms with van der Waals surface area (Å²) in [6, 6.07) is 8.66. The second kappa shape index (κ2) is 6.80. The van der Waals surface area contributed by atoms with Crippen molar-refractivity contribution < 1.29 is 4.74 Å². The van der Waals surface area contributed by atoms with E-state index in [0.717, 1.165) is 58.1 Å². The van der Waals surface area contributed by atoms with Crippen LogP contribution in [0.15, 0.2) is 36.7 Å². The number of rotatable bonds is 1. The van der Waals surface area contributed by atoms with Crippen molar-refractivity contribution in [1.82, 2.24) is 15.0 Å². The molecule has 5 heteroatoms. The highest BCUT2D eigenvalue weighted by atomic mass is 32.1. The van der Waals surface area contributed by atoms with Gasteiger partial charge < -0.3 is 9.72 Å². The Hall–Kier alpha value is -2.68. The van der Waals surface area contributed by atoms with E-state index in [1.54, 1.807) is 11.3 Å². The van der Waals surface area contributed by atoms with E-state index in [9.17, 15) is 0 Å². The van der Waals surface area contributed by atoms with Crippen LogP contribution in [0.3, 0.4) is 0 Å². The third-order valence-corrected chi connectivity index (χ3v) is 5.96. The number of hydrogen-bond acceptors (Lipinski definition) is 4. The summed E-state index contributed by atoms with van der Waals surface area (Å²) in [5, 5.41) is 4.41. The zero-order chi connectivity index (χ0) is 18.2. The molecule has 1 aliphatic rings. The fourth-order valence-electron chi connectivity index (χ4n) is 3.54. The van der Waals surface area contributed by atoms with E-state index in [4.69, 9.17) is 4.74 Å². The summed E-state index contributed by atoms with van der Waals surface area (Å²) in [5.74, 6) is 7.06. The van der Waals surface area contributed by atoms with Gasteiger partial charge in [0, 0.05) is 48.0 Å². The maximum Gasteiger partial charge on any atom is 0.167 e. The van der Waals surface area contributed by atoms with Crippen molar-refractivity contribution in [2.75, 3.05) is 13.2 Å². The molecule has 0 radical (unpaired) electrons. The van der Waals surface area contributed by atoms with Crippen LogP contribution in [0.5, 0.6) is 0 Å². The standard InChI is InChI=1S/C22H19N3OS/c1-14-10-19-18-11-16(3-4-17(18)12-24-22(19)25-14)20-13-23-21(27-20)5-2-15-6-8-26-9-7-15/h3-4,10-13,15H,6-9H2,1H3,(H,24,25). The molecule has 4 aromatic rings. The van der Waals surface area contributed by atoms with Gasteiger partial charge in [-0.15, -0.1) is 11.3 Å². The molecule has 4 nitrogen and oxygen atoms in total. The van der Waals surface area contributed by atoms with Gasteiger partial charge in [0.25, 0.3) is 0 Å². The average Bonchev–Trinajstić information content (AvgIpc) is 3.33. The maximum atomic E-state index is 5.39. The lowest BCUT2D eigenvalue weighted by atomic mass is 10.0. The Bertz CT molecular complexity index is 1190. The molecule has 5 rings (SSSR count). The average molecular weight is 373 g/mol. The van der Waals surface area contributed by atoms with Crippen LogP contribution in [0.4, 0.5) is 0 Å². The number of hydrogen-bond donors (Lipinski definition) is 1. The number of nitrogens with zero attached hydrogens (tertiary/aromatic N) is 2. The number of ether oxygens (including phenoxy) is 1. The quantitative estimate of drug-likeness (QED) is 0.482. The number of fused-ring (bicyclic) bond motifs is 3. The van der Waals surface area contributed by atoms with E-state index in [1.807, 2.05) is 12.4 Å². The van der Waals surface area contributed by atoms with E-state index in [2.05, 4.69) is 58.0 Å². The number of benzene rings is 1. The van der Waals surface area contributed by atoms with Crippen LogP contribution in [0.2, 0.25) is 0 Å². The lowest BCUT2D eigenvalue weighted by Gasteiger charge is -2.16. The molecule has 0 unspecified atom stereocenters. The van der Waals surface area contributed by atoms with Crippen molar-refractivity contribution in [3.8, 4) is 22.3 Å². The van der Waals surface area contributed by atoms with E-state index in [-0.39, 0.29) is 0 Å². The van der Waals surface area contributed by atoms with Crippen molar-refractivity contribution in [2.45, 2.75) is 19.8 Å². The number of H-pyrrole nitrogens is 1. The Balaban J connectivity index is 1.49. The number of nitrogens with one attached hydrogen (secondary N) is 1. The lowest BCUT2D eigenvalue weighted by Crippen LogP contribution is -2.13. The predicted octanol–water partition coefficient (Wildman–Crippen LogP) is 4.93. The molecule has 134 valence electrons. The van der Waals surface area contributed by atoms with Gasteiger partial charge >= 0.3 is 0 Å². The predicted molar refractivity (Wildman–Crippen MR) is 110 cm³/mol. The Morgan fingerprint density at radius 1 is 1.11 bits per heavy atom. The molecule has 0 atom stereocenters. The molecule has 0 bridgehead atoms. The van der Waals surface area contributed by atoms with Gasteiger partial charge in [0.1, 0.15) is 5.65 Å². The van der Waals surface area contributed by atoms with E-state index < -0.39 is 0 Å². The van der Waals surface area contributed by atoms with Crippen LogP contribution in [-0.4, -0.2) is 28.2 Å². The van der Waals surface area contributed by atoms with Crippen molar-refractivity contribution >= 4 is 33.1 Å². The minimum absolute atomic E-state index is 0.435. The van der Waals surface area contributed by atoms with Crippen LogP contribution < -0.4 is 0 Å². The third-order valence-electron chi connectivity index (χ3n) is 5.00. The first kappa shape index (κ1) is 16.5. The number of pyridine rings is 1. The highest BCUT2D eigenvalue weighted by Crippen LogP contribution is 2.31. The summed E-state index contributed by atoms with van der Waals surface area (Å²) in [6.07, 6.45) is 5.90. The number of aromatic nitrogens is 3. The molecule has 0 amide bonds. The van der Waals surface area contributed by atoms with Gasteiger partial charge in [-0.25, -0.2) is 9.97 Å². The lowest BCUT2D eigenvalue weighted by molar-refractivity contribution is 0.0807. The van der Waals surface area contributed by atoms with Crippen LogP contribution >= 0.6 is 11.3 Å². The molecule has 1 N–H and O–H groups in total. The maximum absolute atomic E-state index is 5.39. The SMILES string of the molecule is Cc1cc2c(ncc3ccc(-c4cnc(C#CC5CCOCC5)s4)cc32)[nH]1. The van der Waals surface area contributed by atoms with Gasteiger partial charge in [0.2, 0.25) is 0 Å². The molecule has 1 fully saturated rings. The van der Waals surface area contributed by atoms with Crippen LogP contribution in [0.25, 0.3) is 32.2 Å². The second-order valence-electron chi connectivity index (χ2n) is 6.96. The first-order chi connectivity index (χ1) is 13.3. The van der Waals surface area contributed by atoms with Crippen molar-refractivity contribution in [3.63, 3.8) is 0 Å². The van der Waals surface area contributed by atoms with Gasteiger partial charge in [-0.2, -0.15) is 0 Å². The monoisotopic (exact) mass is 373 g/mol. The largest absolute Gasteiger partial charge is 0.381 e. The van der Waals surface area contributed by atoms with Gasteiger partial charge in [0.15, 0.2) is 5.01 Å². The van der Waals surface area contributed by atoms with Gasteiger partial charge in [0.05, 0.1) is 4.88 Å². The molecule has 1 aliphatic heterocycles. The summed E-state index contributed by atoms with van der Waals surface area (Å²) in [4.78, 5) is 13.5. The first-order valence-electron chi connectivity index (χ1n) is 9.20. The van der Waals surface area contributed by atoms with Gasteiger partial charge in [-0.05, 0) is 48.8 Å². The highest BCUT2D eigenvalue weighted by Gasteiger charge is 2.11.